The Morgan fingerprint density at radius 2 is 1.79 bits per heavy atom. The highest BCUT2D eigenvalue weighted by Gasteiger charge is 2.31. The van der Waals surface area contributed by atoms with Crippen LogP contribution in [0.1, 0.15) is 56.0 Å². The molecule has 1 aliphatic heterocycles. The number of methoxy groups -OCH3 is 1. The van der Waals surface area contributed by atoms with E-state index < -0.39 is 10.0 Å². The molecular formula is C28H39ClN4O4S2. The molecule has 1 unspecified atom stereocenters. The van der Waals surface area contributed by atoms with Crippen LogP contribution in [0.2, 0.25) is 0 Å². The maximum Gasteiger partial charge on any atom is 0.260 e. The highest BCUT2D eigenvalue weighted by Crippen LogP contribution is 2.37. The Morgan fingerprint density at radius 1 is 1.10 bits per heavy atom. The second-order valence-corrected chi connectivity index (χ2v) is 12.6. The predicted molar refractivity (Wildman–Crippen MR) is 161 cm³/mol. The Labute approximate surface area is 242 Å². The molecule has 1 fully saturated rings. The third-order valence-corrected chi connectivity index (χ3v) is 10.6. The van der Waals surface area contributed by atoms with E-state index in [1.165, 1.54) is 11.3 Å². The predicted octanol–water partition coefficient (Wildman–Crippen LogP) is 5.59. The van der Waals surface area contributed by atoms with Crippen molar-refractivity contribution >= 4 is 55.0 Å². The molecule has 214 valence electrons. The molecule has 2 aromatic carbocycles. The molecule has 0 radical (unpaired) electrons. The van der Waals surface area contributed by atoms with Crippen molar-refractivity contribution in [2.24, 2.45) is 0 Å². The number of hydrogen-bond donors (Lipinski definition) is 0. The van der Waals surface area contributed by atoms with Gasteiger partial charge in [-0.3, -0.25) is 9.69 Å². The summed E-state index contributed by atoms with van der Waals surface area (Å²) in [4.78, 5) is 22.9. The van der Waals surface area contributed by atoms with Gasteiger partial charge in [-0.2, -0.15) is 4.31 Å². The molecule has 1 atom stereocenters. The number of rotatable bonds is 10. The van der Waals surface area contributed by atoms with E-state index in [9.17, 15) is 13.2 Å². The van der Waals surface area contributed by atoms with E-state index in [0.29, 0.717) is 36.1 Å². The number of hydrogen-bond acceptors (Lipinski definition) is 7. The number of carbonyl (C=O) groups is 1. The normalized spacial score (nSPS) is 16.3. The van der Waals surface area contributed by atoms with Crippen molar-refractivity contribution in [1.82, 2.24) is 14.2 Å². The number of piperidine rings is 1. The monoisotopic (exact) mass is 594 g/mol. The maximum absolute atomic E-state index is 13.8. The highest BCUT2D eigenvalue weighted by atomic mass is 35.5. The summed E-state index contributed by atoms with van der Waals surface area (Å²) in [6, 6.07) is 10.2. The number of halogens is 1. The number of benzene rings is 2. The number of carbonyl (C=O) groups excluding carboxylic acids is 1. The summed E-state index contributed by atoms with van der Waals surface area (Å²) in [5.41, 5.74) is 2.24. The molecule has 2 heterocycles. The minimum absolute atomic E-state index is 0. The van der Waals surface area contributed by atoms with Gasteiger partial charge in [-0.05, 0) is 75.7 Å². The molecule has 3 aromatic rings. The molecule has 0 bridgehead atoms. The standard InChI is InChI=1S/C28H38N4O4S2.ClH/c1-6-30(7-2)18-19-31(28-29-25-24(36-5)16-11-20(3)26(25)37-28)27(33)22-12-14-23(15-13-22)38(34,35)32-17-9-8-10-21(32)4;/h11-16,21H,6-10,17-19H2,1-5H3;1H. The van der Waals surface area contributed by atoms with E-state index >= 15 is 0 Å². The number of aromatic nitrogens is 1. The number of ether oxygens (including phenoxy) is 1. The fourth-order valence-electron chi connectivity index (χ4n) is 4.93. The van der Waals surface area contributed by atoms with Crippen molar-refractivity contribution in [3.05, 3.63) is 47.5 Å². The van der Waals surface area contributed by atoms with Gasteiger partial charge in [-0.25, -0.2) is 13.4 Å². The zero-order chi connectivity index (χ0) is 27.4. The molecule has 1 aliphatic rings. The third-order valence-electron chi connectivity index (χ3n) is 7.37. The second-order valence-electron chi connectivity index (χ2n) is 9.73. The topological polar surface area (TPSA) is 83.1 Å². The largest absolute Gasteiger partial charge is 0.494 e. The zero-order valence-electron chi connectivity index (χ0n) is 23.3. The Bertz CT molecular complexity index is 1370. The molecule has 8 nitrogen and oxygen atoms in total. The third kappa shape index (κ3) is 6.57. The van der Waals surface area contributed by atoms with Gasteiger partial charge in [0.1, 0.15) is 11.3 Å². The minimum Gasteiger partial charge on any atom is -0.494 e. The smallest absolute Gasteiger partial charge is 0.260 e. The van der Waals surface area contributed by atoms with Gasteiger partial charge >= 0.3 is 0 Å². The van der Waals surface area contributed by atoms with E-state index in [1.807, 2.05) is 26.0 Å². The van der Waals surface area contributed by atoms with Gasteiger partial charge in [0.15, 0.2) is 5.13 Å². The molecule has 11 heteroatoms. The minimum atomic E-state index is -3.61. The van der Waals surface area contributed by atoms with E-state index in [-0.39, 0.29) is 29.3 Å². The SMILES string of the molecule is CCN(CC)CCN(C(=O)c1ccc(S(=O)(=O)N2CCCCC2C)cc1)c1nc2c(OC)ccc(C)c2s1.Cl. The van der Waals surface area contributed by atoms with Crippen LogP contribution in [0.5, 0.6) is 5.75 Å². The van der Waals surface area contributed by atoms with Gasteiger partial charge in [-0.1, -0.05) is 37.7 Å². The molecule has 0 aliphatic carbocycles. The average Bonchev–Trinajstić information content (AvgIpc) is 3.37. The number of aryl methyl sites for hydroxylation is 1. The molecule has 0 N–H and O–H groups in total. The summed E-state index contributed by atoms with van der Waals surface area (Å²) in [6.07, 6.45) is 2.78. The zero-order valence-corrected chi connectivity index (χ0v) is 25.8. The summed E-state index contributed by atoms with van der Waals surface area (Å²) in [6.45, 7) is 11.6. The molecule has 0 saturated carbocycles. The Balaban J connectivity index is 0.00000420. The number of likely N-dealkylation sites (N-methyl/N-ethyl adjacent to an activating group) is 1. The maximum atomic E-state index is 13.8. The fourth-order valence-corrected chi connectivity index (χ4v) is 7.71. The van der Waals surface area contributed by atoms with Crippen molar-refractivity contribution in [2.75, 3.05) is 44.7 Å². The molecular weight excluding hydrogens is 556 g/mol. The average molecular weight is 595 g/mol. The second kappa shape index (κ2) is 13.4. The van der Waals surface area contributed by atoms with Crippen LogP contribution in [0.25, 0.3) is 10.2 Å². The number of nitrogens with zero attached hydrogens (tertiary/aromatic N) is 4. The van der Waals surface area contributed by atoms with Gasteiger partial charge in [0.05, 0.1) is 16.7 Å². The number of anilines is 1. The summed E-state index contributed by atoms with van der Waals surface area (Å²) < 4.78 is 34.6. The Morgan fingerprint density at radius 3 is 2.41 bits per heavy atom. The van der Waals surface area contributed by atoms with Crippen LogP contribution in [0.3, 0.4) is 0 Å². The first kappa shape index (κ1) is 31.3. The molecule has 1 saturated heterocycles. The first-order chi connectivity index (χ1) is 18.2. The first-order valence-electron chi connectivity index (χ1n) is 13.3. The lowest BCUT2D eigenvalue weighted by Crippen LogP contribution is -2.42. The van der Waals surface area contributed by atoms with E-state index in [0.717, 1.165) is 48.1 Å². The van der Waals surface area contributed by atoms with Crippen LogP contribution >= 0.6 is 23.7 Å². The van der Waals surface area contributed by atoms with Crippen LogP contribution in [-0.4, -0.2) is 74.4 Å². The van der Waals surface area contributed by atoms with Crippen LogP contribution in [0, 0.1) is 6.92 Å². The molecule has 1 aromatic heterocycles. The van der Waals surface area contributed by atoms with Crippen molar-refractivity contribution in [1.29, 1.82) is 0 Å². The van der Waals surface area contributed by atoms with Gasteiger partial charge in [0.25, 0.3) is 5.91 Å². The lowest BCUT2D eigenvalue weighted by atomic mass is 10.1. The van der Waals surface area contributed by atoms with Gasteiger partial charge in [0.2, 0.25) is 10.0 Å². The van der Waals surface area contributed by atoms with Gasteiger partial charge < -0.3 is 9.64 Å². The van der Waals surface area contributed by atoms with Crippen molar-refractivity contribution in [3.8, 4) is 5.75 Å². The van der Waals surface area contributed by atoms with Crippen molar-refractivity contribution in [3.63, 3.8) is 0 Å². The fraction of sp³-hybridized carbons (Fsp3) is 0.500. The van der Waals surface area contributed by atoms with Gasteiger partial charge in [-0.15, -0.1) is 12.4 Å². The molecule has 1 amide bonds. The quantitative estimate of drug-likeness (QED) is 0.304. The molecule has 0 spiro atoms. The van der Waals surface area contributed by atoms with Crippen LogP contribution < -0.4 is 9.64 Å². The summed E-state index contributed by atoms with van der Waals surface area (Å²) in [5.74, 6) is 0.467. The lowest BCUT2D eigenvalue weighted by Gasteiger charge is -2.32. The van der Waals surface area contributed by atoms with Crippen LogP contribution in [0.15, 0.2) is 41.3 Å². The Kier molecular flexibility index (Phi) is 10.8. The van der Waals surface area contributed by atoms with E-state index in [4.69, 9.17) is 9.72 Å². The van der Waals surface area contributed by atoms with Crippen LogP contribution in [-0.2, 0) is 10.0 Å². The highest BCUT2D eigenvalue weighted by molar-refractivity contribution is 7.89. The number of amides is 1. The summed E-state index contributed by atoms with van der Waals surface area (Å²) in [5, 5.41) is 0.601. The number of thiazole rings is 1. The first-order valence-corrected chi connectivity index (χ1v) is 15.6. The van der Waals surface area contributed by atoms with Crippen LogP contribution in [0.4, 0.5) is 5.13 Å². The Hall–Kier alpha value is -2.24. The van der Waals surface area contributed by atoms with E-state index in [2.05, 4.69) is 18.7 Å². The van der Waals surface area contributed by atoms with Gasteiger partial charge in [0, 0.05) is 31.2 Å². The summed E-state index contributed by atoms with van der Waals surface area (Å²) in [7, 11) is -1.99. The van der Waals surface area contributed by atoms with Crippen molar-refractivity contribution in [2.45, 2.75) is 57.9 Å². The molecule has 4 rings (SSSR count). The van der Waals surface area contributed by atoms with E-state index in [1.54, 1.807) is 40.6 Å². The number of sulfonamides is 1. The summed E-state index contributed by atoms with van der Waals surface area (Å²) >= 11 is 1.47. The molecule has 39 heavy (non-hydrogen) atoms. The van der Waals surface area contributed by atoms with Crippen molar-refractivity contribution < 1.29 is 17.9 Å². The number of fused-ring (bicyclic) bond motifs is 1. The lowest BCUT2D eigenvalue weighted by molar-refractivity contribution is 0.0983.